The average molecular weight is 608 g/mol. The Labute approximate surface area is 254 Å². The van der Waals surface area contributed by atoms with Crippen LogP contribution in [0.1, 0.15) is 45.5 Å². The number of amides is 2. The number of likely N-dealkylation sites (N-methyl/N-ethyl adjacent to an activating group) is 1. The van der Waals surface area contributed by atoms with Crippen LogP contribution in [0.25, 0.3) is 0 Å². The van der Waals surface area contributed by atoms with Crippen LogP contribution in [0.2, 0.25) is 5.02 Å². The molecule has 3 N–H and O–H groups in total. The maximum Gasteiger partial charge on any atom is 0.329 e. The molecule has 3 aromatic rings. The number of carboxylic acids is 1. The molecular weight excluding hydrogens is 574 g/mol. The molecule has 0 radical (unpaired) electrons. The zero-order valence-corrected chi connectivity index (χ0v) is 24.5. The highest BCUT2D eigenvalue weighted by atomic mass is 35.5. The van der Waals surface area contributed by atoms with Gasteiger partial charge in [-0.25, -0.2) is 4.79 Å². The fraction of sp³-hybridized carbons (Fsp3) is 0.312. The Morgan fingerprint density at radius 3 is 2.47 bits per heavy atom. The topological polar surface area (TPSA) is 134 Å². The van der Waals surface area contributed by atoms with Gasteiger partial charge in [0.1, 0.15) is 25.0 Å². The first kappa shape index (κ1) is 31.5. The lowest BCUT2D eigenvalue weighted by atomic mass is 10.1. The third-order valence-electron chi connectivity index (χ3n) is 7.11. The molecule has 43 heavy (non-hydrogen) atoms. The molecule has 4 rings (SSSR count). The molecule has 1 saturated heterocycles. The van der Waals surface area contributed by atoms with Crippen LogP contribution in [0.5, 0.6) is 5.75 Å². The van der Waals surface area contributed by atoms with Crippen molar-refractivity contribution in [3.8, 4) is 5.75 Å². The quantitative estimate of drug-likeness (QED) is 0.249. The monoisotopic (exact) mass is 607 g/mol. The summed E-state index contributed by atoms with van der Waals surface area (Å²) in [4.78, 5) is 51.0. The number of nitrogens with one attached hydrogen (secondary N) is 2. The second-order valence-corrected chi connectivity index (χ2v) is 10.8. The number of aliphatic carboxylic acids is 1. The second-order valence-electron chi connectivity index (χ2n) is 10.3. The number of hydrogen-bond acceptors (Lipinski definition) is 7. The molecule has 0 aliphatic carbocycles. The summed E-state index contributed by atoms with van der Waals surface area (Å²) in [7, 11) is 1.45. The molecule has 0 aromatic heterocycles. The van der Waals surface area contributed by atoms with Gasteiger partial charge in [-0.15, -0.1) is 0 Å². The first-order valence-corrected chi connectivity index (χ1v) is 14.3. The number of carbonyl (C=O) groups is 4. The summed E-state index contributed by atoms with van der Waals surface area (Å²) in [5, 5.41) is 16.0. The molecular formula is C32H34ClN3O7. The molecule has 0 saturated carbocycles. The van der Waals surface area contributed by atoms with E-state index in [4.69, 9.17) is 26.2 Å². The summed E-state index contributed by atoms with van der Waals surface area (Å²) in [6.45, 7) is 0.986. The number of ether oxygens (including phenoxy) is 2. The van der Waals surface area contributed by atoms with Crippen LogP contribution in [-0.2, 0) is 20.9 Å². The van der Waals surface area contributed by atoms with Crippen molar-refractivity contribution >= 4 is 35.4 Å². The number of esters is 1. The van der Waals surface area contributed by atoms with Gasteiger partial charge in [-0.05, 0) is 60.9 Å². The Balaban J connectivity index is 1.28. The fourth-order valence-electron chi connectivity index (χ4n) is 4.74. The van der Waals surface area contributed by atoms with E-state index in [0.29, 0.717) is 41.5 Å². The van der Waals surface area contributed by atoms with E-state index in [9.17, 15) is 19.2 Å². The molecule has 1 fully saturated rings. The first-order valence-electron chi connectivity index (χ1n) is 13.9. The van der Waals surface area contributed by atoms with E-state index < -0.39 is 23.9 Å². The number of benzene rings is 3. The van der Waals surface area contributed by atoms with Crippen LogP contribution >= 0.6 is 11.6 Å². The lowest BCUT2D eigenvalue weighted by Crippen LogP contribution is -2.43. The average Bonchev–Trinajstić information content (AvgIpc) is 3.46. The van der Waals surface area contributed by atoms with Crippen molar-refractivity contribution in [1.82, 2.24) is 15.5 Å². The van der Waals surface area contributed by atoms with E-state index in [1.165, 1.54) is 11.9 Å². The van der Waals surface area contributed by atoms with E-state index >= 15 is 0 Å². The van der Waals surface area contributed by atoms with E-state index in [0.717, 1.165) is 5.56 Å². The predicted molar refractivity (Wildman–Crippen MR) is 160 cm³/mol. The minimum Gasteiger partial charge on any atom is -0.492 e. The number of carbonyl (C=O) groups excluding carboxylic acids is 3. The molecule has 0 spiro atoms. The maximum atomic E-state index is 13.2. The highest BCUT2D eigenvalue weighted by molar-refractivity contribution is 6.30. The van der Waals surface area contributed by atoms with Crippen molar-refractivity contribution in [2.75, 3.05) is 20.2 Å². The van der Waals surface area contributed by atoms with Crippen LogP contribution in [0.4, 0.5) is 0 Å². The molecule has 3 aromatic carbocycles. The fourth-order valence-corrected chi connectivity index (χ4v) is 4.94. The molecule has 226 valence electrons. The van der Waals surface area contributed by atoms with Crippen molar-refractivity contribution in [2.24, 2.45) is 0 Å². The van der Waals surface area contributed by atoms with Crippen molar-refractivity contribution in [2.45, 2.75) is 44.0 Å². The molecule has 10 nitrogen and oxygen atoms in total. The minimum atomic E-state index is -1.07. The highest BCUT2D eigenvalue weighted by Crippen LogP contribution is 2.19. The van der Waals surface area contributed by atoms with Crippen LogP contribution in [0, 0.1) is 0 Å². The molecule has 0 bridgehead atoms. The summed E-state index contributed by atoms with van der Waals surface area (Å²) in [5.74, 6) is -1.83. The van der Waals surface area contributed by atoms with Crippen LogP contribution in [0.3, 0.4) is 0 Å². The summed E-state index contributed by atoms with van der Waals surface area (Å²) < 4.78 is 11.3. The number of rotatable bonds is 13. The van der Waals surface area contributed by atoms with Crippen LogP contribution in [-0.4, -0.2) is 72.1 Å². The van der Waals surface area contributed by atoms with E-state index in [-0.39, 0.29) is 37.4 Å². The molecule has 11 heteroatoms. The largest absolute Gasteiger partial charge is 0.492 e. The Hall–Kier alpha value is -4.41. The van der Waals surface area contributed by atoms with E-state index in [1.807, 2.05) is 18.2 Å². The van der Waals surface area contributed by atoms with Gasteiger partial charge in [-0.3, -0.25) is 14.4 Å². The molecule has 2 amide bonds. The second kappa shape index (κ2) is 15.2. The van der Waals surface area contributed by atoms with Gasteiger partial charge >= 0.3 is 11.9 Å². The Morgan fingerprint density at radius 1 is 1.02 bits per heavy atom. The summed E-state index contributed by atoms with van der Waals surface area (Å²) in [5.41, 5.74) is 1.60. The standard InChI is InChI=1S/C32H34ClN3O7/c1-36(28(14-15-29(37)38)32(41)43-19-21-6-3-2-4-7-21)31(40)22-10-12-27(13-11-22)42-20-26-17-25(18-34-26)35-30(39)23-8-5-9-24(33)16-23/h2-13,16,25-26,28,34H,14-15,17-20H2,1H3,(H,35,39)(H,37,38)/t25-,26+,28?/m1/s1. The summed E-state index contributed by atoms with van der Waals surface area (Å²) in [6, 6.07) is 21.3. The summed E-state index contributed by atoms with van der Waals surface area (Å²) in [6.07, 6.45) is 0.308. The molecule has 1 aliphatic rings. The van der Waals surface area contributed by atoms with Crippen molar-refractivity contribution in [3.05, 3.63) is 101 Å². The molecule has 1 heterocycles. The number of carboxylic acid groups (broad SMARTS) is 1. The van der Waals surface area contributed by atoms with Gasteiger partial charge in [0.2, 0.25) is 0 Å². The Kier molecular flexibility index (Phi) is 11.1. The van der Waals surface area contributed by atoms with Gasteiger partial charge in [-0.1, -0.05) is 48.0 Å². The SMILES string of the molecule is CN(C(=O)c1ccc(OC[C@@H]2C[C@@H](NC(=O)c3cccc(Cl)c3)CN2)cc1)C(CCC(=O)O)C(=O)OCc1ccccc1. The normalized spacial score (nSPS) is 16.6. The van der Waals surface area contributed by atoms with E-state index in [1.54, 1.807) is 60.7 Å². The number of nitrogens with zero attached hydrogens (tertiary/aromatic N) is 1. The van der Waals surface area contributed by atoms with Gasteiger partial charge in [0.05, 0.1) is 0 Å². The lowest BCUT2D eigenvalue weighted by molar-refractivity contribution is -0.150. The highest BCUT2D eigenvalue weighted by Gasteiger charge is 2.30. The predicted octanol–water partition coefficient (Wildman–Crippen LogP) is 3.93. The van der Waals surface area contributed by atoms with Crippen molar-refractivity contribution in [1.29, 1.82) is 0 Å². The number of halogens is 1. The summed E-state index contributed by atoms with van der Waals surface area (Å²) >= 11 is 5.98. The van der Waals surface area contributed by atoms with Gasteiger partial charge in [0.15, 0.2) is 0 Å². The third-order valence-corrected chi connectivity index (χ3v) is 7.35. The molecule has 1 aliphatic heterocycles. The zero-order chi connectivity index (χ0) is 30.8. The minimum absolute atomic E-state index is 0.0160. The Bertz CT molecular complexity index is 1420. The molecule has 3 atom stereocenters. The van der Waals surface area contributed by atoms with Crippen molar-refractivity contribution in [3.63, 3.8) is 0 Å². The van der Waals surface area contributed by atoms with Gasteiger partial charge in [-0.2, -0.15) is 0 Å². The smallest absolute Gasteiger partial charge is 0.329 e. The molecule has 1 unspecified atom stereocenters. The van der Waals surface area contributed by atoms with Gasteiger partial charge < -0.3 is 30.1 Å². The third kappa shape index (κ3) is 9.29. The Morgan fingerprint density at radius 2 is 1.77 bits per heavy atom. The number of hydrogen-bond donors (Lipinski definition) is 3. The van der Waals surface area contributed by atoms with Crippen molar-refractivity contribution < 1.29 is 33.8 Å². The van der Waals surface area contributed by atoms with Crippen LogP contribution in [0.15, 0.2) is 78.9 Å². The lowest BCUT2D eigenvalue weighted by Gasteiger charge is -2.26. The van der Waals surface area contributed by atoms with Gasteiger partial charge in [0.25, 0.3) is 11.8 Å². The first-order chi connectivity index (χ1) is 20.7. The van der Waals surface area contributed by atoms with Crippen LogP contribution < -0.4 is 15.4 Å². The van der Waals surface area contributed by atoms with Gasteiger partial charge in [0, 0.05) is 48.2 Å². The maximum absolute atomic E-state index is 13.2. The van der Waals surface area contributed by atoms with E-state index in [2.05, 4.69) is 10.6 Å². The zero-order valence-electron chi connectivity index (χ0n) is 23.7.